The van der Waals surface area contributed by atoms with Crippen LogP contribution in [0, 0.1) is 11.6 Å². The van der Waals surface area contributed by atoms with Gasteiger partial charge in [0, 0.05) is 92.9 Å². The number of hydrogen-bond acceptors (Lipinski definition) is 15. The number of nitrogens with zero attached hydrogens (tertiary/aromatic N) is 4. The van der Waals surface area contributed by atoms with Crippen LogP contribution in [0.25, 0.3) is 44.1 Å². The highest BCUT2D eigenvalue weighted by Gasteiger charge is 2.43. The number of carboxylic acids is 1. The Balaban J connectivity index is 0.000000205. The molecular formula is C88H97F9N12O11. The molecule has 2 atom stereocenters. The summed E-state index contributed by atoms with van der Waals surface area (Å²) in [6.07, 6.45) is 11.5. The van der Waals surface area contributed by atoms with Crippen LogP contribution in [0.5, 0.6) is 0 Å². The summed E-state index contributed by atoms with van der Waals surface area (Å²) in [6, 6.07) is 20.7. The third kappa shape index (κ3) is 21.6. The molecule has 6 aliphatic rings. The van der Waals surface area contributed by atoms with E-state index in [4.69, 9.17) is 12.2 Å². The molecule has 10 N–H and O–H groups in total. The van der Waals surface area contributed by atoms with Crippen molar-refractivity contribution in [2.75, 3.05) is 45.0 Å². The number of halogens is 9. The Morgan fingerprint density at radius 2 is 0.925 bits per heavy atom. The number of hydrogen-bond donors (Lipinski definition) is 9. The zero-order valence-corrected chi connectivity index (χ0v) is 65.6. The van der Waals surface area contributed by atoms with Crippen LogP contribution in [-0.2, 0) is 57.5 Å². The molecule has 6 aromatic carbocycles. The maximum atomic E-state index is 15.4. The number of piperidine rings is 2. The Bertz CT molecular complexity index is 5240. The summed E-state index contributed by atoms with van der Waals surface area (Å²) < 4.78 is 130. The van der Waals surface area contributed by atoms with Crippen LogP contribution in [-0.4, -0.2) is 143 Å². The molecular weight excluding hydrogens is 1570 g/mol. The number of benzene rings is 6. The number of pyridine rings is 2. The Hall–Kier alpha value is -11.8. The van der Waals surface area contributed by atoms with Crippen LogP contribution >= 0.6 is 0 Å². The average Bonchev–Trinajstić information content (AvgIpc) is 1.69. The van der Waals surface area contributed by atoms with Crippen molar-refractivity contribution in [2.45, 2.75) is 198 Å². The van der Waals surface area contributed by atoms with E-state index in [0.717, 1.165) is 143 Å². The van der Waals surface area contributed by atoms with Crippen LogP contribution < -0.4 is 43.0 Å². The molecule has 2 saturated carbocycles. The van der Waals surface area contributed by atoms with Gasteiger partial charge in [0.15, 0.2) is 0 Å². The number of unbranched alkanes of at least 4 members (excludes halogenated alkanes) is 10. The number of aromatic nitrogens is 2. The monoisotopic (exact) mass is 1670 g/mol. The normalized spacial score (nSPS) is 16.2. The van der Waals surface area contributed by atoms with E-state index in [1.54, 1.807) is 22.9 Å². The standard InChI is InChI=1S/C43H44F4N6O5.C22H17F4N3O3.C21H29N3O3.CH3F.CH4/c1-48-38-30-20-29(33(43(45,46)47)21-35(30)50-22-31(38)40(56)51-26-13-14-26)25-12-15-28(34(44)19-25)39(55)49-18-7-5-3-2-4-6-9-24-10-8-11-27-32(24)23-53(42(27)58)36-16-17-37(54)52-41(36)57;1-27-19-14-7-13(10-2-5-12(21(31)32)17(23)6-10)16(22(24,25)26)8-18(14)28-9-15(19)20(30)29-11-3-4-11;22-13-6-4-2-1-3-5-8-15-9-7-10-16-17(15)14-24(21(16)27)18-11-12-19(25)23-20(18)26;1-2;/h8,10-12,15,19-22,26,36H,2-7,9,13-14,16-18,23H2,1H3,(H,48,50)(H,49,55)(H,51,56)(H,52,54,57);2,5-9,11H,3-4H2,1H3,(H,27,28)(H,29,30)(H,31,32);7,9-10,18H,1-6,8,11-14,22H2,(H,23,25,26);1H3;1H4/i;;;1D;. The molecule has 638 valence electrons. The Kier molecular flexibility index (Phi) is 29.9. The molecule has 120 heavy (non-hydrogen) atoms. The van der Waals surface area contributed by atoms with Gasteiger partial charge in [-0.25, -0.2) is 13.6 Å². The van der Waals surface area contributed by atoms with E-state index < -0.39 is 89.5 Å². The van der Waals surface area contributed by atoms with Crippen molar-refractivity contribution in [2.24, 2.45) is 5.73 Å². The van der Waals surface area contributed by atoms with Crippen LogP contribution in [0.1, 0.15) is 233 Å². The van der Waals surface area contributed by atoms with Gasteiger partial charge < -0.3 is 47.2 Å². The number of carbonyl (C=O) groups excluding carboxylic acids is 9. The molecule has 8 aromatic rings. The molecule has 9 amide bonds. The number of aryl methyl sites for hydroxylation is 2. The van der Waals surface area contributed by atoms with E-state index in [0.29, 0.717) is 55.7 Å². The van der Waals surface area contributed by atoms with Gasteiger partial charge in [-0.2, -0.15) is 26.3 Å². The van der Waals surface area contributed by atoms with Gasteiger partial charge in [0.25, 0.3) is 29.5 Å². The van der Waals surface area contributed by atoms with E-state index >= 15 is 4.39 Å². The number of nitrogens with one attached hydrogen (secondary N) is 7. The first-order chi connectivity index (χ1) is 57.5. The maximum Gasteiger partial charge on any atom is 0.417 e. The lowest BCUT2D eigenvalue weighted by molar-refractivity contribution is -0.138. The van der Waals surface area contributed by atoms with Gasteiger partial charge in [-0.15, -0.1) is 0 Å². The first-order valence-electron chi connectivity index (χ1n) is 40.4. The predicted molar refractivity (Wildman–Crippen MR) is 434 cm³/mol. The highest BCUT2D eigenvalue weighted by molar-refractivity contribution is 6.11. The summed E-state index contributed by atoms with van der Waals surface area (Å²) in [6.45, 7) is 1.88. The van der Waals surface area contributed by atoms with E-state index in [-0.39, 0.29) is 128 Å². The van der Waals surface area contributed by atoms with Gasteiger partial charge >= 0.3 is 18.3 Å². The van der Waals surface area contributed by atoms with Gasteiger partial charge in [0.2, 0.25) is 23.6 Å². The first kappa shape index (κ1) is 89.0. The third-order valence-corrected chi connectivity index (χ3v) is 21.9. The molecule has 14 rings (SSSR count). The number of anilines is 2. The summed E-state index contributed by atoms with van der Waals surface area (Å²) in [5.74, 6) is -6.77. The zero-order valence-electron chi connectivity index (χ0n) is 66.6. The summed E-state index contributed by atoms with van der Waals surface area (Å²) in [4.78, 5) is 134. The predicted octanol–water partition coefficient (Wildman–Crippen LogP) is 15.3. The van der Waals surface area contributed by atoms with Crippen molar-refractivity contribution in [3.63, 3.8) is 0 Å². The highest BCUT2D eigenvalue weighted by Crippen LogP contribution is 2.45. The summed E-state index contributed by atoms with van der Waals surface area (Å²) >= 11 is 0. The van der Waals surface area contributed by atoms with Gasteiger partial charge in [-0.1, -0.05) is 95.2 Å². The largest absolute Gasteiger partial charge is 0.478 e. The van der Waals surface area contributed by atoms with Crippen LogP contribution in [0.15, 0.2) is 109 Å². The van der Waals surface area contributed by atoms with Gasteiger partial charge in [-0.3, -0.25) is 68.1 Å². The van der Waals surface area contributed by atoms with Crippen LogP contribution in [0.4, 0.5) is 50.9 Å². The summed E-state index contributed by atoms with van der Waals surface area (Å²) in [5, 5.41) is 28.3. The minimum atomic E-state index is -4.80. The minimum absolute atomic E-state index is 0. The summed E-state index contributed by atoms with van der Waals surface area (Å²) in [7, 11) is 2.08. The number of rotatable bonds is 29. The van der Waals surface area contributed by atoms with Crippen LogP contribution in [0.3, 0.4) is 0 Å². The van der Waals surface area contributed by atoms with Crippen molar-refractivity contribution >= 4 is 92.3 Å². The number of amides is 9. The molecule has 2 saturated heterocycles. The third-order valence-electron chi connectivity index (χ3n) is 21.9. The van der Waals surface area contributed by atoms with E-state index in [2.05, 4.69) is 53.3 Å². The Labute approximate surface area is 688 Å². The van der Waals surface area contributed by atoms with Gasteiger partial charge in [0.1, 0.15) is 23.7 Å². The van der Waals surface area contributed by atoms with Crippen molar-refractivity contribution < 1.29 is 93.9 Å². The second kappa shape index (κ2) is 40.3. The molecule has 23 nitrogen and oxygen atoms in total. The minimum Gasteiger partial charge on any atom is -0.478 e. The lowest BCUT2D eigenvalue weighted by Crippen LogP contribution is -2.52. The highest BCUT2D eigenvalue weighted by atomic mass is 19.4. The van der Waals surface area contributed by atoms with E-state index in [1.165, 1.54) is 75.0 Å². The SMILES string of the molecule is C.CNc1c(C(=O)NC2CC2)cnc2cc(C(F)(F)F)c(-c3ccc(C(=O)NCCCCCCCCc4cccc5c4CN(C4CCC(=O)NC4=O)C5=O)c(F)c3)cc12.CNc1c(C(=O)NC2CC2)cnc2cc(C(F)(F)F)c(-c3ccc(C(=O)O)c(F)c3)cc12.NCCCCCCCCc1cccc2c1CN(C1CCC(=O)NC1=O)C2=O.[2H]CF. The zero-order chi connectivity index (χ0) is 86.3. The smallest absolute Gasteiger partial charge is 0.417 e. The lowest BCUT2D eigenvalue weighted by atomic mass is 9.94. The van der Waals surface area contributed by atoms with Gasteiger partial charge in [0.05, 0.1) is 64.3 Å². The first-order valence-corrected chi connectivity index (χ1v) is 39.7. The second-order valence-corrected chi connectivity index (χ2v) is 30.1. The van der Waals surface area contributed by atoms with Crippen molar-refractivity contribution in [1.82, 2.24) is 46.4 Å². The van der Waals surface area contributed by atoms with Gasteiger partial charge in [-0.05, 0) is 189 Å². The Morgan fingerprint density at radius 1 is 0.525 bits per heavy atom. The second-order valence-electron chi connectivity index (χ2n) is 30.1. The molecule has 4 aliphatic heterocycles. The van der Waals surface area contributed by atoms with Crippen LogP contribution in [0.2, 0.25) is 0 Å². The topological polar surface area (TPSA) is 333 Å². The number of aromatic carboxylic acids is 1. The van der Waals surface area contributed by atoms with Crippen molar-refractivity contribution in [3.05, 3.63) is 188 Å². The quantitative estimate of drug-likeness (QED) is 0.0119. The summed E-state index contributed by atoms with van der Waals surface area (Å²) in [5.41, 5.74) is 8.08. The van der Waals surface area contributed by atoms with E-state index in [1.807, 2.05) is 24.3 Å². The average molecular weight is 1670 g/mol. The molecule has 0 bridgehead atoms. The molecule has 0 spiro atoms. The molecule has 0 radical (unpaired) electrons. The molecule has 2 unspecified atom stereocenters. The number of alkyl halides is 7. The Morgan fingerprint density at radius 3 is 1.30 bits per heavy atom. The number of carboxylic acid groups (broad SMARTS) is 1. The van der Waals surface area contributed by atoms with Crippen molar-refractivity contribution in [1.29, 1.82) is 0 Å². The fourth-order valence-electron chi connectivity index (χ4n) is 15.4. The number of nitrogens with two attached hydrogens (primary N) is 1. The van der Waals surface area contributed by atoms with Crippen molar-refractivity contribution in [3.8, 4) is 22.3 Å². The molecule has 2 aliphatic carbocycles. The number of fused-ring (bicyclic) bond motifs is 4. The fraction of sp³-hybridized carbons (Fsp3) is 0.409. The maximum absolute atomic E-state index is 15.4. The molecule has 2 aromatic heterocycles. The molecule has 32 heteroatoms. The molecule has 4 fully saturated rings. The number of carbonyl (C=O) groups is 10. The lowest BCUT2D eigenvalue weighted by Gasteiger charge is -2.29. The molecule has 6 heterocycles. The van der Waals surface area contributed by atoms with E-state index in [9.17, 15) is 83.1 Å². The number of imide groups is 2. The fourth-order valence-corrected chi connectivity index (χ4v) is 15.4.